The first-order valence-electron chi connectivity index (χ1n) is 7.67. The fourth-order valence-electron chi connectivity index (χ4n) is 2.55. The number of nitrogens with zero attached hydrogens (tertiary/aromatic N) is 4. The number of ether oxygens (including phenoxy) is 1. The lowest BCUT2D eigenvalue weighted by molar-refractivity contribution is -0.155. The highest BCUT2D eigenvalue weighted by Crippen LogP contribution is 2.14. The first kappa shape index (κ1) is 16.1. The molecule has 3 rings (SSSR count). The van der Waals surface area contributed by atoms with Gasteiger partial charge in [-0.3, -0.25) is 9.59 Å². The molecule has 1 aromatic carbocycles. The van der Waals surface area contributed by atoms with E-state index in [2.05, 4.69) is 15.5 Å². The van der Waals surface area contributed by atoms with Gasteiger partial charge in [-0.15, -0.1) is 10.2 Å². The van der Waals surface area contributed by atoms with Crippen molar-refractivity contribution in [1.82, 2.24) is 25.0 Å². The maximum absolute atomic E-state index is 12.5. The maximum Gasteiger partial charge on any atom is 0.249 e. The van der Waals surface area contributed by atoms with Gasteiger partial charge in [0, 0.05) is 13.6 Å². The molecule has 1 fully saturated rings. The van der Waals surface area contributed by atoms with E-state index >= 15 is 0 Å². The molecule has 126 valence electrons. The Labute approximate surface area is 139 Å². The zero-order valence-corrected chi connectivity index (χ0v) is 13.4. The molecular weight excluding hydrogens is 310 g/mol. The van der Waals surface area contributed by atoms with Crippen LogP contribution in [0.25, 0.3) is 0 Å². The molecule has 8 nitrogen and oxygen atoms in total. The van der Waals surface area contributed by atoms with Crippen molar-refractivity contribution in [2.24, 2.45) is 7.05 Å². The van der Waals surface area contributed by atoms with Crippen LogP contribution in [0.2, 0.25) is 0 Å². The lowest BCUT2D eigenvalue weighted by Crippen LogP contribution is -2.55. The van der Waals surface area contributed by atoms with Gasteiger partial charge in [0.2, 0.25) is 11.8 Å². The molecule has 1 aromatic heterocycles. The molecule has 1 saturated heterocycles. The van der Waals surface area contributed by atoms with Gasteiger partial charge in [-0.1, -0.05) is 30.3 Å². The van der Waals surface area contributed by atoms with Gasteiger partial charge in [0.1, 0.15) is 19.0 Å². The van der Waals surface area contributed by atoms with Crippen molar-refractivity contribution >= 4 is 11.8 Å². The van der Waals surface area contributed by atoms with Crippen molar-refractivity contribution in [2.45, 2.75) is 19.1 Å². The van der Waals surface area contributed by atoms with Gasteiger partial charge in [0.25, 0.3) is 0 Å². The van der Waals surface area contributed by atoms with Crippen LogP contribution in [0.15, 0.2) is 36.7 Å². The smallest absolute Gasteiger partial charge is 0.249 e. The number of hydrogen-bond acceptors (Lipinski definition) is 5. The Hall–Kier alpha value is -2.74. The van der Waals surface area contributed by atoms with Crippen LogP contribution in [0.1, 0.15) is 11.4 Å². The van der Waals surface area contributed by atoms with Crippen LogP contribution >= 0.6 is 0 Å². The van der Waals surface area contributed by atoms with Crippen molar-refractivity contribution < 1.29 is 14.3 Å². The number of hydrogen-bond donors (Lipinski definition) is 1. The average Bonchev–Trinajstić information content (AvgIpc) is 3.00. The van der Waals surface area contributed by atoms with Gasteiger partial charge < -0.3 is 19.5 Å². The average molecular weight is 329 g/mol. The summed E-state index contributed by atoms with van der Waals surface area (Å²) in [5.41, 5.74) is 0.971. The molecule has 2 aromatic rings. The van der Waals surface area contributed by atoms with Crippen LogP contribution < -0.4 is 5.32 Å². The van der Waals surface area contributed by atoms with Gasteiger partial charge in [-0.25, -0.2) is 0 Å². The molecule has 1 N–H and O–H groups in total. The highest BCUT2D eigenvalue weighted by atomic mass is 16.5. The predicted octanol–water partition coefficient (Wildman–Crippen LogP) is -0.141. The second-order valence-electron chi connectivity index (χ2n) is 5.61. The summed E-state index contributed by atoms with van der Waals surface area (Å²) in [6.45, 7) is 0.813. The number of amides is 2. The second kappa shape index (κ2) is 7.22. The van der Waals surface area contributed by atoms with E-state index in [0.717, 1.165) is 5.56 Å². The Morgan fingerprint density at radius 1 is 1.38 bits per heavy atom. The van der Waals surface area contributed by atoms with E-state index in [1.165, 1.54) is 0 Å². The maximum atomic E-state index is 12.5. The predicted molar refractivity (Wildman–Crippen MR) is 84.4 cm³/mol. The first-order chi connectivity index (χ1) is 11.6. The monoisotopic (exact) mass is 329 g/mol. The molecule has 2 amide bonds. The quantitative estimate of drug-likeness (QED) is 0.825. The molecule has 0 spiro atoms. The Kier molecular flexibility index (Phi) is 4.85. The summed E-state index contributed by atoms with van der Waals surface area (Å²) in [6, 6.07) is 8.93. The number of nitrogens with one attached hydrogen (secondary N) is 1. The summed E-state index contributed by atoms with van der Waals surface area (Å²) in [6.07, 6.45) is 1.57. The molecule has 0 saturated carbocycles. The minimum absolute atomic E-state index is 0.0000995. The molecule has 0 aliphatic carbocycles. The summed E-state index contributed by atoms with van der Waals surface area (Å²) in [5, 5.41) is 10.5. The van der Waals surface area contributed by atoms with E-state index in [1.807, 2.05) is 30.3 Å². The Balaban J connectivity index is 1.67. The third-order valence-corrected chi connectivity index (χ3v) is 3.92. The SMILES string of the molecule is Cn1cnnc1CNC(=O)[C@H]1COCC(=O)N1Cc1ccccc1. The molecule has 2 heterocycles. The van der Waals surface area contributed by atoms with Crippen molar-refractivity contribution in [3.63, 3.8) is 0 Å². The fraction of sp³-hybridized carbons (Fsp3) is 0.375. The zero-order chi connectivity index (χ0) is 16.9. The minimum Gasteiger partial charge on any atom is -0.369 e. The van der Waals surface area contributed by atoms with Crippen molar-refractivity contribution in [3.8, 4) is 0 Å². The number of aromatic nitrogens is 3. The molecule has 1 aliphatic rings. The Bertz CT molecular complexity index is 716. The summed E-state index contributed by atoms with van der Waals surface area (Å²) in [4.78, 5) is 26.3. The molecular formula is C16H19N5O3. The van der Waals surface area contributed by atoms with Crippen LogP contribution in [0, 0.1) is 0 Å². The molecule has 1 atom stereocenters. The topological polar surface area (TPSA) is 89.4 Å². The normalized spacial score (nSPS) is 17.8. The number of rotatable bonds is 5. The molecule has 0 unspecified atom stereocenters. The summed E-state index contributed by atoms with van der Waals surface area (Å²) < 4.78 is 6.99. The Morgan fingerprint density at radius 3 is 2.88 bits per heavy atom. The van der Waals surface area contributed by atoms with Gasteiger partial charge in [-0.05, 0) is 5.56 Å². The molecule has 0 bridgehead atoms. The van der Waals surface area contributed by atoms with Gasteiger partial charge in [0.15, 0.2) is 5.82 Å². The first-order valence-corrected chi connectivity index (χ1v) is 7.67. The van der Waals surface area contributed by atoms with E-state index in [4.69, 9.17) is 4.74 Å². The van der Waals surface area contributed by atoms with Crippen LogP contribution in [0.3, 0.4) is 0 Å². The third-order valence-electron chi connectivity index (χ3n) is 3.92. The van der Waals surface area contributed by atoms with Crippen LogP contribution in [0.4, 0.5) is 0 Å². The number of morpholine rings is 1. The van der Waals surface area contributed by atoms with Crippen LogP contribution in [-0.4, -0.2) is 50.7 Å². The highest BCUT2D eigenvalue weighted by Gasteiger charge is 2.34. The summed E-state index contributed by atoms with van der Waals surface area (Å²) in [7, 11) is 1.80. The molecule has 8 heteroatoms. The van der Waals surface area contributed by atoms with Crippen molar-refractivity contribution in [2.75, 3.05) is 13.2 Å². The minimum atomic E-state index is -0.653. The second-order valence-corrected chi connectivity index (χ2v) is 5.61. The third kappa shape index (κ3) is 3.60. The largest absolute Gasteiger partial charge is 0.369 e. The zero-order valence-electron chi connectivity index (χ0n) is 13.4. The van der Waals surface area contributed by atoms with E-state index < -0.39 is 6.04 Å². The fourth-order valence-corrected chi connectivity index (χ4v) is 2.55. The van der Waals surface area contributed by atoms with Crippen molar-refractivity contribution in [3.05, 3.63) is 48.0 Å². The standard InChI is InChI=1S/C16H19N5O3/c1-20-11-18-19-14(20)7-17-16(23)13-9-24-10-15(22)21(13)8-12-5-3-2-4-6-12/h2-6,11,13H,7-10H2,1H3,(H,17,23)/t13-/m1/s1. The highest BCUT2D eigenvalue weighted by molar-refractivity contribution is 5.89. The lowest BCUT2D eigenvalue weighted by Gasteiger charge is -2.34. The number of benzene rings is 1. The van der Waals surface area contributed by atoms with E-state index in [1.54, 1.807) is 22.8 Å². The van der Waals surface area contributed by atoms with Gasteiger partial charge in [0.05, 0.1) is 13.2 Å². The summed E-state index contributed by atoms with van der Waals surface area (Å²) >= 11 is 0. The van der Waals surface area contributed by atoms with Crippen LogP contribution in [0.5, 0.6) is 0 Å². The lowest BCUT2D eigenvalue weighted by atomic mass is 10.1. The van der Waals surface area contributed by atoms with Gasteiger partial charge >= 0.3 is 0 Å². The van der Waals surface area contributed by atoms with Crippen LogP contribution in [-0.2, 0) is 34.5 Å². The van der Waals surface area contributed by atoms with Gasteiger partial charge in [-0.2, -0.15) is 0 Å². The Morgan fingerprint density at radius 2 is 2.17 bits per heavy atom. The number of aryl methyl sites for hydroxylation is 1. The molecule has 1 aliphatic heterocycles. The number of carbonyl (C=O) groups is 2. The van der Waals surface area contributed by atoms with E-state index in [0.29, 0.717) is 12.4 Å². The number of carbonyl (C=O) groups excluding carboxylic acids is 2. The van der Waals surface area contributed by atoms with Crippen molar-refractivity contribution in [1.29, 1.82) is 0 Å². The van der Waals surface area contributed by atoms with E-state index in [-0.39, 0.29) is 31.6 Å². The molecule has 24 heavy (non-hydrogen) atoms. The van der Waals surface area contributed by atoms with E-state index in [9.17, 15) is 9.59 Å². The molecule has 0 radical (unpaired) electrons. The summed E-state index contributed by atoms with van der Waals surface area (Å²) in [5.74, 6) is 0.187.